The summed E-state index contributed by atoms with van der Waals surface area (Å²) in [7, 11) is -5.87. The van der Waals surface area contributed by atoms with E-state index in [-0.39, 0.29) is 22.1 Å². The molecule has 0 aliphatic carbocycles. The Balaban J connectivity index is 2.26. The molecule has 0 aliphatic rings. The molecule has 0 aromatic heterocycles. The van der Waals surface area contributed by atoms with Gasteiger partial charge in [0.2, 0.25) is 0 Å². The van der Waals surface area contributed by atoms with Crippen LogP contribution in [0.4, 0.5) is 17.1 Å². The van der Waals surface area contributed by atoms with Crippen molar-refractivity contribution < 1.29 is 31.0 Å². The lowest BCUT2D eigenvalue weighted by molar-refractivity contribution is 0.471. The third-order valence-electron chi connectivity index (χ3n) is 4.55. The standard InChI is InChI=1S/C19H20N4O7S2/c1-20-10-11-3-6-17(32(28,29)30)15(7-11)22-23-19-14(21-2)5-4-12-8-13(31(25,26)27)9-16(24)18(12)19/h3-9,20-21,24H,10H2,1-2H3,(H,25,26,27)(H,28,29,30). The van der Waals surface area contributed by atoms with Crippen LogP contribution in [0.1, 0.15) is 5.56 Å². The van der Waals surface area contributed by atoms with E-state index >= 15 is 0 Å². The summed E-state index contributed by atoms with van der Waals surface area (Å²) >= 11 is 0. The Morgan fingerprint density at radius 1 is 0.906 bits per heavy atom. The van der Waals surface area contributed by atoms with E-state index in [1.165, 1.54) is 24.3 Å². The van der Waals surface area contributed by atoms with E-state index < -0.39 is 35.8 Å². The van der Waals surface area contributed by atoms with Gasteiger partial charge in [0.05, 0.1) is 16.0 Å². The number of rotatable bonds is 7. The molecule has 3 aromatic rings. The fraction of sp³-hybridized carbons (Fsp3) is 0.158. The summed E-state index contributed by atoms with van der Waals surface area (Å²) in [6, 6.07) is 9.22. The number of phenols is 1. The van der Waals surface area contributed by atoms with Crippen LogP contribution in [0.25, 0.3) is 10.8 Å². The first-order chi connectivity index (χ1) is 15.0. The van der Waals surface area contributed by atoms with Crippen molar-refractivity contribution in [3.05, 3.63) is 48.0 Å². The van der Waals surface area contributed by atoms with Crippen molar-refractivity contribution in [1.82, 2.24) is 5.32 Å². The molecule has 0 heterocycles. The van der Waals surface area contributed by atoms with E-state index in [0.717, 1.165) is 12.1 Å². The molecule has 0 fully saturated rings. The minimum absolute atomic E-state index is 0.0877. The van der Waals surface area contributed by atoms with Gasteiger partial charge in [-0.15, -0.1) is 10.2 Å². The molecule has 0 atom stereocenters. The fourth-order valence-electron chi connectivity index (χ4n) is 3.13. The lowest BCUT2D eigenvalue weighted by Crippen LogP contribution is -2.06. The molecule has 0 saturated heterocycles. The van der Waals surface area contributed by atoms with Gasteiger partial charge in [-0.05, 0) is 42.3 Å². The maximum Gasteiger partial charge on any atom is 0.296 e. The molecule has 0 saturated carbocycles. The fourth-order valence-corrected chi connectivity index (χ4v) is 4.27. The lowest BCUT2D eigenvalue weighted by Gasteiger charge is -2.11. The summed E-state index contributed by atoms with van der Waals surface area (Å²) in [5.41, 5.74) is 1.04. The van der Waals surface area contributed by atoms with Gasteiger partial charge in [0.15, 0.2) is 0 Å². The minimum Gasteiger partial charge on any atom is -0.507 e. The first-order valence-electron chi connectivity index (χ1n) is 9.07. The van der Waals surface area contributed by atoms with E-state index in [9.17, 15) is 31.0 Å². The summed E-state index contributed by atoms with van der Waals surface area (Å²) in [4.78, 5) is -0.957. The Morgan fingerprint density at radius 2 is 1.62 bits per heavy atom. The summed E-state index contributed by atoms with van der Waals surface area (Å²) in [5, 5.41) is 24.7. The molecule has 0 radical (unpaired) electrons. The van der Waals surface area contributed by atoms with E-state index in [0.29, 0.717) is 17.8 Å². The normalized spacial score (nSPS) is 12.5. The average molecular weight is 481 g/mol. The number of fused-ring (bicyclic) bond motifs is 1. The Labute approximate surface area is 184 Å². The number of benzene rings is 3. The van der Waals surface area contributed by atoms with Crippen molar-refractivity contribution in [2.45, 2.75) is 16.3 Å². The van der Waals surface area contributed by atoms with Crippen LogP contribution in [-0.4, -0.2) is 45.1 Å². The molecule has 0 amide bonds. The van der Waals surface area contributed by atoms with Crippen molar-refractivity contribution >= 4 is 48.1 Å². The molecule has 32 heavy (non-hydrogen) atoms. The molecule has 5 N–H and O–H groups in total. The lowest BCUT2D eigenvalue weighted by atomic mass is 10.1. The zero-order chi connectivity index (χ0) is 23.7. The maximum absolute atomic E-state index is 11.8. The van der Waals surface area contributed by atoms with Crippen LogP contribution in [0.3, 0.4) is 0 Å². The predicted octanol–water partition coefficient (Wildman–Crippen LogP) is 3.22. The highest BCUT2D eigenvalue weighted by Crippen LogP contribution is 2.41. The Kier molecular flexibility index (Phi) is 6.48. The summed E-state index contributed by atoms with van der Waals surface area (Å²) in [6.45, 7) is 0.406. The van der Waals surface area contributed by atoms with E-state index in [1.807, 2.05) is 0 Å². The quantitative estimate of drug-likeness (QED) is 0.251. The van der Waals surface area contributed by atoms with Crippen LogP contribution in [0.5, 0.6) is 5.75 Å². The van der Waals surface area contributed by atoms with Crippen LogP contribution >= 0.6 is 0 Å². The van der Waals surface area contributed by atoms with Crippen LogP contribution in [-0.2, 0) is 26.8 Å². The van der Waals surface area contributed by atoms with Crippen molar-refractivity contribution in [2.75, 3.05) is 19.4 Å². The molecule has 3 aromatic carbocycles. The second-order valence-corrected chi connectivity index (χ2v) is 9.55. The second-order valence-electron chi connectivity index (χ2n) is 6.73. The van der Waals surface area contributed by atoms with E-state index in [2.05, 4.69) is 20.9 Å². The average Bonchev–Trinajstić information content (AvgIpc) is 2.70. The van der Waals surface area contributed by atoms with Gasteiger partial charge in [0, 0.05) is 19.7 Å². The van der Waals surface area contributed by atoms with Crippen LogP contribution in [0.15, 0.2) is 62.5 Å². The third-order valence-corrected chi connectivity index (χ3v) is 6.28. The minimum atomic E-state index is -4.59. The van der Waals surface area contributed by atoms with Gasteiger partial charge in [-0.3, -0.25) is 9.11 Å². The molecular formula is C19H20N4O7S2. The number of nitrogens with zero attached hydrogens (tertiary/aromatic N) is 2. The van der Waals surface area contributed by atoms with Gasteiger partial charge in [0.25, 0.3) is 20.2 Å². The molecule has 0 bridgehead atoms. The van der Waals surface area contributed by atoms with Crippen LogP contribution in [0.2, 0.25) is 0 Å². The molecule has 0 aliphatic heterocycles. The highest BCUT2D eigenvalue weighted by Gasteiger charge is 2.19. The number of nitrogens with one attached hydrogen (secondary N) is 2. The first kappa shape index (κ1) is 23.6. The zero-order valence-corrected chi connectivity index (χ0v) is 18.6. The van der Waals surface area contributed by atoms with Gasteiger partial charge >= 0.3 is 0 Å². The van der Waals surface area contributed by atoms with Gasteiger partial charge in [-0.1, -0.05) is 12.1 Å². The summed E-state index contributed by atoms with van der Waals surface area (Å²) in [5.74, 6) is -0.486. The molecule has 11 nitrogen and oxygen atoms in total. The predicted molar refractivity (Wildman–Crippen MR) is 118 cm³/mol. The smallest absolute Gasteiger partial charge is 0.296 e. The Bertz CT molecular complexity index is 1440. The third kappa shape index (κ3) is 4.87. The molecule has 3 rings (SSSR count). The van der Waals surface area contributed by atoms with E-state index in [4.69, 9.17) is 0 Å². The van der Waals surface area contributed by atoms with Gasteiger partial charge in [0.1, 0.15) is 22.0 Å². The van der Waals surface area contributed by atoms with Crippen molar-refractivity contribution in [1.29, 1.82) is 0 Å². The van der Waals surface area contributed by atoms with Crippen LogP contribution < -0.4 is 10.6 Å². The number of hydrogen-bond donors (Lipinski definition) is 5. The highest BCUT2D eigenvalue weighted by molar-refractivity contribution is 7.86. The second kappa shape index (κ2) is 8.80. The zero-order valence-electron chi connectivity index (χ0n) is 16.9. The number of hydrogen-bond acceptors (Lipinski definition) is 9. The first-order valence-corrected chi connectivity index (χ1v) is 12.0. The van der Waals surface area contributed by atoms with E-state index in [1.54, 1.807) is 20.2 Å². The maximum atomic E-state index is 11.8. The molecule has 0 spiro atoms. The largest absolute Gasteiger partial charge is 0.507 e. The molecular weight excluding hydrogens is 460 g/mol. The van der Waals surface area contributed by atoms with Gasteiger partial charge in [-0.2, -0.15) is 16.8 Å². The SMILES string of the molecule is CNCc1ccc(S(=O)(=O)O)c(N=Nc2c(NC)ccc3cc(S(=O)(=O)O)cc(O)c23)c1. The molecule has 0 unspecified atom stereocenters. The monoisotopic (exact) mass is 480 g/mol. The molecule has 13 heteroatoms. The van der Waals surface area contributed by atoms with Gasteiger partial charge in [-0.25, -0.2) is 0 Å². The Morgan fingerprint density at radius 3 is 2.22 bits per heavy atom. The number of azo groups is 1. The Hall–Kier alpha value is -3.10. The number of anilines is 1. The van der Waals surface area contributed by atoms with Crippen molar-refractivity contribution in [2.24, 2.45) is 10.2 Å². The highest BCUT2D eigenvalue weighted by atomic mass is 32.2. The molecule has 170 valence electrons. The van der Waals surface area contributed by atoms with Gasteiger partial charge < -0.3 is 15.7 Å². The van der Waals surface area contributed by atoms with Crippen LogP contribution in [0, 0.1) is 0 Å². The topological polar surface area (TPSA) is 178 Å². The summed E-state index contributed by atoms with van der Waals surface area (Å²) < 4.78 is 65.3. The van der Waals surface area contributed by atoms with Crippen molar-refractivity contribution in [3.8, 4) is 5.75 Å². The summed E-state index contributed by atoms with van der Waals surface area (Å²) in [6.07, 6.45) is 0. The number of aromatic hydroxyl groups is 1. The number of phenolic OH excluding ortho intramolecular Hbond substituents is 1. The van der Waals surface area contributed by atoms with Crippen molar-refractivity contribution in [3.63, 3.8) is 0 Å².